The topological polar surface area (TPSA) is 86.5 Å². The van der Waals surface area contributed by atoms with Crippen LogP contribution in [0.15, 0.2) is 53.4 Å². The molecule has 0 spiro atoms. The molecule has 0 fully saturated rings. The summed E-state index contributed by atoms with van der Waals surface area (Å²) in [7, 11) is -4.09. The van der Waals surface area contributed by atoms with Gasteiger partial charge in [-0.05, 0) is 24.3 Å². The van der Waals surface area contributed by atoms with E-state index >= 15 is 0 Å². The average molecular weight is 314 g/mol. The molecule has 0 aliphatic carbocycles. The maximum Gasteiger partial charge on any atom is 0.339 e. The van der Waals surface area contributed by atoms with Crippen molar-refractivity contribution in [2.45, 2.75) is 4.90 Å². The van der Waals surface area contributed by atoms with Crippen LogP contribution in [0.4, 0.5) is 5.69 Å². The number of nitro groups is 1. The van der Waals surface area contributed by atoms with Crippen molar-refractivity contribution < 1.29 is 17.5 Å². The first-order valence-electron chi connectivity index (χ1n) is 5.33. The van der Waals surface area contributed by atoms with Gasteiger partial charge in [-0.3, -0.25) is 10.1 Å². The average Bonchev–Trinajstić information content (AvgIpc) is 2.38. The van der Waals surface area contributed by atoms with Crippen LogP contribution >= 0.6 is 11.6 Å². The molecule has 104 valence electrons. The van der Waals surface area contributed by atoms with Gasteiger partial charge in [0.05, 0.1) is 11.0 Å². The standard InChI is InChI=1S/C12H8ClNO5S/c13-9-3-1-6-12(7-9)20(17,18)19-11-5-2-4-10(8-11)14(15)16/h1-8H. The van der Waals surface area contributed by atoms with Gasteiger partial charge in [0.15, 0.2) is 0 Å². The van der Waals surface area contributed by atoms with Gasteiger partial charge in [-0.2, -0.15) is 8.42 Å². The summed E-state index contributed by atoms with van der Waals surface area (Å²) < 4.78 is 28.8. The van der Waals surface area contributed by atoms with Crippen LogP contribution in [0.3, 0.4) is 0 Å². The third kappa shape index (κ3) is 3.25. The van der Waals surface area contributed by atoms with E-state index < -0.39 is 15.0 Å². The van der Waals surface area contributed by atoms with E-state index in [0.29, 0.717) is 0 Å². The molecule has 0 heterocycles. The molecule has 0 atom stereocenters. The van der Waals surface area contributed by atoms with E-state index in [1.807, 2.05) is 0 Å². The van der Waals surface area contributed by atoms with Gasteiger partial charge >= 0.3 is 10.1 Å². The van der Waals surface area contributed by atoms with Gasteiger partial charge in [0.25, 0.3) is 5.69 Å². The number of halogens is 1. The molecule has 0 amide bonds. The zero-order valence-electron chi connectivity index (χ0n) is 9.89. The highest BCUT2D eigenvalue weighted by atomic mass is 35.5. The maximum absolute atomic E-state index is 12.0. The van der Waals surface area contributed by atoms with Gasteiger partial charge in [-0.25, -0.2) is 0 Å². The van der Waals surface area contributed by atoms with E-state index in [4.69, 9.17) is 15.8 Å². The molecule has 0 bridgehead atoms. The fourth-order valence-electron chi connectivity index (χ4n) is 1.45. The van der Waals surface area contributed by atoms with E-state index in [0.717, 1.165) is 6.07 Å². The lowest BCUT2D eigenvalue weighted by atomic mass is 10.3. The van der Waals surface area contributed by atoms with Crippen LogP contribution in [0.2, 0.25) is 5.02 Å². The summed E-state index contributed by atoms with van der Waals surface area (Å²) in [5.41, 5.74) is -0.260. The van der Waals surface area contributed by atoms with Crippen molar-refractivity contribution in [1.29, 1.82) is 0 Å². The highest BCUT2D eigenvalue weighted by Crippen LogP contribution is 2.24. The Labute approximate surface area is 119 Å². The molecule has 8 heteroatoms. The molecule has 0 radical (unpaired) electrons. The summed E-state index contributed by atoms with van der Waals surface area (Å²) in [6.07, 6.45) is 0. The van der Waals surface area contributed by atoms with Gasteiger partial charge in [-0.15, -0.1) is 0 Å². The minimum Gasteiger partial charge on any atom is -0.379 e. The Hall–Kier alpha value is -2.12. The monoisotopic (exact) mass is 313 g/mol. The van der Waals surface area contributed by atoms with Crippen LogP contribution in [0, 0.1) is 10.1 Å². The Bertz CT molecular complexity index is 760. The smallest absolute Gasteiger partial charge is 0.339 e. The first-order valence-corrected chi connectivity index (χ1v) is 7.11. The van der Waals surface area contributed by atoms with Crippen molar-refractivity contribution in [2.75, 3.05) is 0 Å². The van der Waals surface area contributed by atoms with Crippen LogP contribution in [-0.2, 0) is 10.1 Å². The molecule has 2 rings (SSSR count). The zero-order valence-corrected chi connectivity index (χ0v) is 11.5. The van der Waals surface area contributed by atoms with E-state index in [9.17, 15) is 18.5 Å². The second kappa shape index (κ2) is 5.48. The third-order valence-corrected chi connectivity index (χ3v) is 3.80. The summed E-state index contributed by atoms with van der Waals surface area (Å²) >= 11 is 5.71. The molecular formula is C12H8ClNO5S. The maximum atomic E-state index is 12.0. The van der Waals surface area contributed by atoms with Crippen LogP contribution in [0.1, 0.15) is 0 Å². The summed E-state index contributed by atoms with van der Waals surface area (Å²) in [6.45, 7) is 0. The largest absolute Gasteiger partial charge is 0.379 e. The minimum atomic E-state index is -4.09. The first kappa shape index (κ1) is 14.3. The lowest BCUT2D eigenvalue weighted by Crippen LogP contribution is -2.09. The number of nitrogens with zero attached hydrogens (tertiary/aromatic N) is 1. The minimum absolute atomic E-state index is 0.128. The quantitative estimate of drug-likeness (QED) is 0.492. The number of hydrogen-bond acceptors (Lipinski definition) is 5. The van der Waals surface area contributed by atoms with Gasteiger partial charge in [0.1, 0.15) is 10.6 Å². The van der Waals surface area contributed by atoms with E-state index in [1.165, 1.54) is 42.5 Å². The SMILES string of the molecule is O=[N+]([O-])c1cccc(OS(=O)(=O)c2cccc(Cl)c2)c1. The zero-order chi connectivity index (χ0) is 14.8. The van der Waals surface area contributed by atoms with Crippen LogP contribution in [-0.4, -0.2) is 13.3 Å². The summed E-state index contributed by atoms with van der Waals surface area (Å²) in [5.74, 6) is -0.140. The lowest BCUT2D eigenvalue weighted by molar-refractivity contribution is -0.384. The Morgan fingerprint density at radius 1 is 1.10 bits per heavy atom. The second-order valence-corrected chi connectivity index (χ2v) is 5.73. The van der Waals surface area contributed by atoms with Crippen molar-refractivity contribution in [3.05, 3.63) is 63.7 Å². The van der Waals surface area contributed by atoms with E-state index in [-0.39, 0.29) is 21.4 Å². The molecule has 2 aromatic carbocycles. The number of nitro benzene ring substituents is 1. The van der Waals surface area contributed by atoms with Gasteiger partial charge in [0, 0.05) is 11.1 Å². The molecule has 0 aromatic heterocycles. The molecular weight excluding hydrogens is 306 g/mol. The number of rotatable bonds is 4. The van der Waals surface area contributed by atoms with Crippen LogP contribution in [0.25, 0.3) is 0 Å². The lowest BCUT2D eigenvalue weighted by Gasteiger charge is -2.06. The van der Waals surface area contributed by atoms with E-state index in [1.54, 1.807) is 0 Å². The van der Waals surface area contributed by atoms with Crippen molar-refractivity contribution in [2.24, 2.45) is 0 Å². The van der Waals surface area contributed by atoms with Gasteiger partial charge in [-0.1, -0.05) is 23.7 Å². The van der Waals surface area contributed by atoms with Crippen LogP contribution in [0.5, 0.6) is 5.75 Å². The number of benzene rings is 2. The van der Waals surface area contributed by atoms with Crippen molar-refractivity contribution in [3.8, 4) is 5.75 Å². The molecule has 2 aromatic rings. The van der Waals surface area contributed by atoms with Crippen molar-refractivity contribution in [1.82, 2.24) is 0 Å². The Kier molecular flexibility index (Phi) is 3.91. The highest BCUT2D eigenvalue weighted by molar-refractivity contribution is 7.87. The molecule has 6 nitrogen and oxygen atoms in total. The Morgan fingerprint density at radius 2 is 1.80 bits per heavy atom. The summed E-state index contributed by atoms with van der Waals surface area (Å²) in [4.78, 5) is 9.85. The normalized spacial score (nSPS) is 11.1. The third-order valence-electron chi connectivity index (χ3n) is 2.32. The second-order valence-electron chi connectivity index (χ2n) is 3.75. The fourth-order valence-corrected chi connectivity index (χ4v) is 2.67. The molecule has 0 saturated carbocycles. The molecule has 0 N–H and O–H groups in total. The van der Waals surface area contributed by atoms with E-state index in [2.05, 4.69) is 0 Å². The van der Waals surface area contributed by atoms with Gasteiger partial charge in [0.2, 0.25) is 0 Å². The molecule has 0 unspecified atom stereocenters. The molecule has 0 aliphatic rings. The predicted octanol–water partition coefficient (Wildman–Crippen LogP) is 3.02. The first-order chi connectivity index (χ1) is 9.38. The molecule has 0 saturated heterocycles. The summed E-state index contributed by atoms with van der Waals surface area (Å²) in [5, 5.41) is 10.9. The Balaban J connectivity index is 2.33. The fraction of sp³-hybridized carbons (Fsp3) is 0. The molecule has 20 heavy (non-hydrogen) atoms. The van der Waals surface area contributed by atoms with Crippen molar-refractivity contribution in [3.63, 3.8) is 0 Å². The number of hydrogen-bond donors (Lipinski definition) is 0. The van der Waals surface area contributed by atoms with Crippen LogP contribution < -0.4 is 4.18 Å². The predicted molar refractivity (Wildman–Crippen MR) is 72.4 cm³/mol. The summed E-state index contributed by atoms with van der Waals surface area (Å²) in [6, 6.07) is 10.4. The van der Waals surface area contributed by atoms with Gasteiger partial charge < -0.3 is 4.18 Å². The highest BCUT2D eigenvalue weighted by Gasteiger charge is 2.18. The number of non-ortho nitro benzene ring substituents is 1. The molecule has 0 aliphatic heterocycles. The van der Waals surface area contributed by atoms with Crippen molar-refractivity contribution >= 4 is 27.4 Å². The Morgan fingerprint density at radius 3 is 2.45 bits per heavy atom.